The van der Waals surface area contributed by atoms with Crippen molar-refractivity contribution in [3.8, 4) is 11.5 Å². The van der Waals surface area contributed by atoms with Gasteiger partial charge in [0.15, 0.2) is 0 Å². The molecule has 96 valence electrons. The summed E-state index contributed by atoms with van der Waals surface area (Å²) < 4.78 is 11.3. The highest BCUT2D eigenvalue weighted by Gasteiger charge is 2.00. The third-order valence-corrected chi connectivity index (χ3v) is 2.73. The number of hydrogen-bond acceptors (Lipinski definition) is 2. The van der Waals surface area contributed by atoms with Crippen LogP contribution in [0.25, 0.3) is 10.8 Å². The van der Waals surface area contributed by atoms with Crippen LogP contribution in [0.4, 0.5) is 0 Å². The Hall–Kier alpha value is -1.70. The molecule has 0 aliphatic heterocycles. The predicted molar refractivity (Wildman–Crippen MR) is 75.5 cm³/mol. The van der Waals surface area contributed by atoms with Crippen LogP contribution in [0.2, 0.25) is 0 Å². The first kappa shape index (κ1) is 12.7. The maximum atomic E-state index is 5.63. The Morgan fingerprint density at radius 2 is 1.17 bits per heavy atom. The van der Waals surface area contributed by atoms with Crippen LogP contribution in [0.3, 0.4) is 0 Å². The van der Waals surface area contributed by atoms with Crippen molar-refractivity contribution in [1.29, 1.82) is 0 Å². The minimum absolute atomic E-state index is 0.767. The molecule has 0 fully saturated rings. The molecule has 2 rings (SSSR count). The van der Waals surface area contributed by atoms with Crippen molar-refractivity contribution in [2.45, 2.75) is 26.7 Å². The lowest BCUT2D eigenvalue weighted by molar-refractivity contribution is 0.317. The number of ether oxygens (including phenoxy) is 2. The molecule has 0 amide bonds. The van der Waals surface area contributed by atoms with Gasteiger partial charge >= 0.3 is 0 Å². The summed E-state index contributed by atoms with van der Waals surface area (Å²) in [5.74, 6) is 1.87. The molecule has 2 aromatic carbocycles. The van der Waals surface area contributed by atoms with Crippen LogP contribution in [-0.2, 0) is 0 Å². The van der Waals surface area contributed by atoms with Crippen LogP contribution in [0.15, 0.2) is 36.4 Å². The lowest BCUT2D eigenvalue weighted by atomic mass is 10.1. The molecule has 0 unspecified atom stereocenters. The quantitative estimate of drug-likeness (QED) is 0.749. The van der Waals surface area contributed by atoms with E-state index in [-0.39, 0.29) is 0 Å². The lowest BCUT2D eigenvalue weighted by Gasteiger charge is -2.08. The van der Waals surface area contributed by atoms with Crippen LogP contribution in [0, 0.1) is 0 Å². The van der Waals surface area contributed by atoms with E-state index in [1.54, 1.807) is 0 Å². The highest BCUT2D eigenvalue weighted by Crippen LogP contribution is 2.25. The maximum Gasteiger partial charge on any atom is 0.119 e. The lowest BCUT2D eigenvalue weighted by Crippen LogP contribution is -1.95. The third kappa shape index (κ3) is 3.16. The first-order valence-electron chi connectivity index (χ1n) is 6.63. The van der Waals surface area contributed by atoms with Crippen molar-refractivity contribution in [3.63, 3.8) is 0 Å². The topological polar surface area (TPSA) is 18.5 Å². The molecule has 0 radical (unpaired) electrons. The molecule has 0 aliphatic carbocycles. The van der Waals surface area contributed by atoms with E-state index < -0.39 is 0 Å². The normalized spacial score (nSPS) is 10.6. The molecule has 2 aromatic rings. The summed E-state index contributed by atoms with van der Waals surface area (Å²) in [5.41, 5.74) is 0. The number of benzene rings is 2. The molecular formula is C16H20O2. The van der Waals surface area contributed by atoms with Gasteiger partial charge in [-0.3, -0.25) is 0 Å². The van der Waals surface area contributed by atoms with E-state index in [9.17, 15) is 0 Å². The minimum Gasteiger partial charge on any atom is -0.494 e. The molecule has 0 heterocycles. The monoisotopic (exact) mass is 244 g/mol. The summed E-state index contributed by atoms with van der Waals surface area (Å²) in [6.07, 6.45) is 2.06. The SMILES string of the molecule is CCCOc1ccc2cc(OCCC)ccc2c1. The fourth-order valence-corrected chi connectivity index (χ4v) is 1.82. The van der Waals surface area contributed by atoms with Gasteiger partial charge in [-0.1, -0.05) is 26.0 Å². The van der Waals surface area contributed by atoms with Gasteiger partial charge in [-0.05, 0) is 47.9 Å². The zero-order valence-electron chi connectivity index (χ0n) is 11.1. The molecule has 2 heteroatoms. The predicted octanol–water partition coefficient (Wildman–Crippen LogP) is 4.42. The second kappa shape index (κ2) is 6.29. The Kier molecular flexibility index (Phi) is 4.46. The third-order valence-electron chi connectivity index (χ3n) is 2.73. The molecule has 0 N–H and O–H groups in total. The van der Waals surface area contributed by atoms with E-state index in [1.165, 1.54) is 10.8 Å². The van der Waals surface area contributed by atoms with Crippen LogP contribution in [-0.4, -0.2) is 13.2 Å². The second-order valence-corrected chi connectivity index (χ2v) is 4.37. The zero-order valence-corrected chi connectivity index (χ0v) is 11.1. The van der Waals surface area contributed by atoms with Crippen molar-refractivity contribution in [3.05, 3.63) is 36.4 Å². The maximum absolute atomic E-state index is 5.63. The molecule has 0 bridgehead atoms. The molecule has 0 saturated heterocycles. The highest BCUT2D eigenvalue weighted by molar-refractivity contribution is 5.85. The summed E-state index contributed by atoms with van der Waals surface area (Å²) >= 11 is 0. The molecule has 0 aromatic heterocycles. The van der Waals surface area contributed by atoms with Gasteiger partial charge in [-0.2, -0.15) is 0 Å². The molecular weight excluding hydrogens is 224 g/mol. The Morgan fingerprint density at radius 3 is 1.56 bits per heavy atom. The van der Waals surface area contributed by atoms with Crippen molar-refractivity contribution in [1.82, 2.24) is 0 Å². The van der Waals surface area contributed by atoms with E-state index in [4.69, 9.17) is 9.47 Å². The van der Waals surface area contributed by atoms with Crippen molar-refractivity contribution in [2.75, 3.05) is 13.2 Å². The van der Waals surface area contributed by atoms with Crippen LogP contribution in [0.5, 0.6) is 11.5 Å². The number of hydrogen-bond donors (Lipinski definition) is 0. The molecule has 2 nitrogen and oxygen atoms in total. The molecule has 0 aliphatic rings. The first-order chi connectivity index (χ1) is 8.83. The van der Waals surface area contributed by atoms with Gasteiger partial charge in [-0.15, -0.1) is 0 Å². The van der Waals surface area contributed by atoms with Crippen molar-refractivity contribution < 1.29 is 9.47 Å². The second-order valence-electron chi connectivity index (χ2n) is 4.37. The van der Waals surface area contributed by atoms with Gasteiger partial charge in [-0.25, -0.2) is 0 Å². The summed E-state index contributed by atoms with van der Waals surface area (Å²) in [4.78, 5) is 0. The summed E-state index contributed by atoms with van der Waals surface area (Å²) in [7, 11) is 0. The Bertz CT molecular complexity index is 458. The van der Waals surface area contributed by atoms with Crippen LogP contribution < -0.4 is 9.47 Å². The Morgan fingerprint density at radius 1 is 0.722 bits per heavy atom. The van der Waals surface area contributed by atoms with E-state index >= 15 is 0 Å². The smallest absolute Gasteiger partial charge is 0.119 e. The average Bonchev–Trinajstić information content (AvgIpc) is 2.42. The van der Waals surface area contributed by atoms with Gasteiger partial charge in [0.2, 0.25) is 0 Å². The number of rotatable bonds is 6. The summed E-state index contributed by atoms with van der Waals surface area (Å²) in [5, 5.41) is 2.37. The van der Waals surface area contributed by atoms with E-state index in [0.29, 0.717) is 0 Å². The highest BCUT2D eigenvalue weighted by atomic mass is 16.5. The van der Waals surface area contributed by atoms with Gasteiger partial charge < -0.3 is 9.47 Å². The average molecular weight is 244 g/mol. The molecule has 0 saturated carbocycles. The van der Waals surface area contributed by atoms with E-state index in [2.05, 4.69) is 38.1 Å². The van der Waals surface area contributed by atoms with E-state index in [1.807, 2.05) is 12.1 Å². The molecule has 0 atom stereocenters. The van der Waals surface area contributed by atoms with Gasteiger partial charge in [0, 0.05) is 0 Å². The Labute approximate surface area is 109 Å². The van der Waals surface area contributed by atoms with Crippen molar-refractivity contribution >= 4 is 10.8 Å². The number of fused-ring (bicyclic) bond motifs is 1. The minimum atomic E-state index is 0.767. The van der Waals surface area contributed by atoms with Gasteiger partial charge in [0.25, 0.3) is 0 Å². The fourth-order valence-electron chi connectivity index (χ4n) is 1.82. The molecule has 18 heavy (non-hydrogen) atoms. The van der Waals surface area contributed by atoms with Gasteiger partial charge in [0.1, 0.15) is 11.5 Å². The van der Waals surface area contributed by atoms with E-state index in [0.717, 1.165) is 37.6 Å². The molecule has 0 spiro atoms. The van der Waals surface area contributed by atoms with Crippen molar-refractivity contribution in [2.24, 2.45) is 0 Å². The van der Waals surface area contributed by atoms with Crippen LogP contribution in [0.1, 0.15) is 26.7 Å². The fraction of sp³-hybridized carbons (Fsp3) is 0.375. The zero-order chi connectivity index (χ0) is 12.8. The largest absolute Gasteiger partial charge is 0.494 e. The summed E-state index contributed by atoms with van der Waals surface area (Å²) in [6, 6.07) is 12.4. The standard InChI is InChI=1S/C16H20O2/c1-3-9-17-15-7-5-14-12-16(18-10-4-2)8-6-13(14)11-15/h5-8,11-12H,3-4,9-10H2,1-2H3. The first-order valence-corrected chi connectivity index (χ1v) is 6.63. The van der Waals surface area contributed by atoms with Crippen LogP contribution >= 0.6 is 0 Å². The Balaban J connectivity index is 2.19. The van der Waals surface area contributed by atoms with Gasteiger partial charge in [0.05, 0.1) is 13.2 Å². The summed E-state index contributed by atoms with van der Waals surface area (Å²) in [6.45, 7) is 5.75.